The maximum atomic E-state index is 12.9. The van der Waals surface area contributed by atoms with Gasteiger partial charge >= 0.3 is 6.03 Å². The Hall–Kier alpha value is -3.48. The van der Waals surface area contributed by atoms with E-state index in [1.165, 1.54) is 12.0 Å². The van der Waals surface area contributed by atoms with E-state index in [1.807, 2.05) is 12.1 Å². The molecule has 2 aliphatic rings. The number of nitrogens with one attached hydrogen (secondary N) is 2. The van der Waals surface area contributed by atoms with Gasteiger partial charge in [0.05, 0.1) is 13.7 Å². The molecular weight excluding hydrogens is 404 g/mol. The number of nitrogens with two attached hydrogens (primary N) is 1. The van der Waals surface area contributed by atoms with Crippen molar-refractivity contribution < 1.29 is 19.1 Å². The Balaban J connectivity index is 1.65. The number of methoxy groups -OCH3 is 1. The first-order chi connectivity index (χ1) is 14.4. The number of fused-ring (bicyclic) bond motifs is 1. The standard InChI is InChI=1S/C21H18N4O4S/c1-29-15-6-5-14-11-25(18(26)17(14)10-15)12-21(19(27)23-20(28)24-21)8-7-13-3-2-4-16(9-13)30-22/h2-6,9-10H,11-12,22H2,1H3,(H2,23,24,27,28)/t21-/m1/s1. The largest absolute Gasteiger partial charge is 0.497 e. The monoisotopic (exact) mass is 422 g/mol. The van der Waals surface area contributed by atoms with Crippen LogP contribution in [0.3, 0.4) is 0 Å². The van der Waals surface area contributed by atoms with Crippen LogP contribution < -0.4 is 20.5 Å². The van der Waals surface area contributed by atoms with Crippen LogP contribution in [-0.4, -0.2) is 41.9 Å². The number of nitrogens with zero attached hydrogens (tertiary/aromatic N) is 1. The summed E-state index contributed by atoms with van der Waals surface area (Å²) in [5.74, 6) is 5.54. The molecule has 9 heteroatoms. The molecule has 4 amide bonds. The Morgan fingerprint density at radius 2 is 2.07 bits per heavy atom. The predicted molar refractivity (Wildman–Crippen MR) is 111 cm³/mol. The van der Waals surface area contributed by atoms with Crippen LogP contribution in [0.25, 0.3) is 0 Å². The number of hydrogen-bond acceptors (Lipinski definition) is 6. The van der Waals surface area contributed by atoms with Crippen LogP contribution in [-0.2, 0) is 11.3 Å². The van der Waals surface area contributed by atoms with E-state index in [4.69, 9.17) is 9.88 Å². The molecule has 0 bridgehead atoms. The second-order valence-electron chi connectivity index (χ2n) is 6.89. The van der Waals surface area contributed by atoms with E-state index in [2.05, 4.69) is 22.5 Å². The zero-order chi connectivity index (χ0) is 21.3. The first kappa shape index (κ1) is 19.8. The van der Waals surface area contributed by atoms with Gasteiger partial charge in [0.1, 0.15) is 5.75 Å². The topological polar surface area (TPSA) is 114 Å². The first-order valence-corrected chi connectivity index (χ1v) is 9.92. The molecule has 4 N–H and O–H groups in total. The van der Waals surface area contributed by atoms with Crippen molar-refractivity contribution in [2.75, 3.05) is 13.7 Å². The molecule has 2 aromatic rings. The summed E-state index contributed by atoms with van der Waals surface area (Å²) in [6.07, 6.45) is 0. The van der Waals surface area contributed by atoms with Gasteiger partial charge in [0.2, 0.25) is 5.54 Å². The van der Waals surface area contributed by atoms with Gasteiger partial charge in [0, 0.05) is 22.6 Å². The molecule has 0 spiro atoms. The van der Waals surface area contributed by atoms with E-state index in [0.717, 1.165) is 22.4 Å². The van der Waals surface area contributed by atoms with Crippen LogP contribution in [0.4, 0.5) is 4.79 Å². The van der Waals surface area contributed by atoms with Crippen LogP contribution in [0.5, 0.6) is 5.75 Å². The van der Waals surface area contributed by atoms with Crippen LogP contribution in [0.2, 0.25) is 0 Å². The highest BCUT2D eigenvalue weighted by atomic mass is 32.2. The van der Waals surface area contributed by atoms with Gasteiger partial charge in [0.25, 0.3) is 11.8 Å². The van der Waals surface area contributed by atoms with Gasteiger partial charge in [0.15, 0.2) is 0 Å². The highest BCUT2D eigenvalue weighted by Crippen LogP contribution is 2.28. The number of ether oxygens (including phenoxy) is 1. The molecule has 2 aromatic carbocycles. The summed E-state index contributed by atoms with van der Waals surface area (Å²) in [6.45, 7) is 0.225. The molecule has 8 nitrogen and oxygen atoms in total. The van der Waals surface area contributed by atoms with Crippen LogP contribution in [0.15, 0.2) is 47.4 Å². The Bertz CT molecular complexity index is 1120. The Morgan fingerprint density at radius 3 is 2.77 bits per heavy atom. The molecule has 0 saturated carbocycles. The van der Waals surface area contributed by atoms with Crippen LogP contribution >= 0.6 is 11.9 Å². The predicted octanol–water partition coefficient (Wildman–Crippen LogP) is 1.25. The molecule has 30 heavy (non-hydrogen) atoms. The molecule has 2 aliphatic heterocycles. The lowest BCUT2D eigenvalue weighted by Gasteiger charge is -2.26. The minimum absolute atomic E-state index is 0.0846. The SMILES string of the molecule is COc1ccc2c(c1)C(=O)N(C[C@@]1(C#Cc3cccc(SN)c3)NC(=O)NC1=O)C2. The maximum absolute atomic E-state index is 12.9. The second-order valence-corrected chi connectivity index (χ2v) is 7.60. The van der Waals surface area contributed by atoms with Gasteiger partial charge < -0.3 is 15.0 Å². The average molecular weight is 422 g/mol. The number of amides is 4. The molecule has 0 unspecified atom stereocenters. The highest BCUT2D eigenvalue weighted by molar-refractivity contribution is 7.97. The molecule has 2 heterocycles. The molecule has 1 fully saturated rings. The van der Waals surface area contributed by atoms with E-state index in [-0.39, 0.29) is 12.5 Å². The lowest BCUT2D eigenvalue weighted by molar-refractivity contribution is -0.122. The molecule has 0 radical (unpaired) electrons. The van der Waals surface area contributed by atoms with Gasteiger partial charge in [-0.25, -0.2) is 4.79 Å². The van der Waals surface area contributed by atoms with Crippen LogP contribution in [0.1, 0.15) is 21.5 Å². The smallest absolute Gasteiger partial charge is 0.323 e. The van der Waals surface area contributed by atoms with E-state index >= 15 is 0 Å². The molecule has 152 valence electrons. The fraction of sp³-hybridized carbons (Fsp3) is 0.190. The number of hydrogen-bond donors (Lipinski definition) is 3. The van der Waals surface area contributed by atoms with Gasteiger partial charge in [-0.3, -0.25) is 20.0 Å². The van der Waals surface area contributed by atoms with Crippen molar-refractivity contribution >= 4 is 29.8 Å². The molecule has 1 atom stereocenters. The third kappa shape index (κ3) is 3.58. The van der Waals surface area contributed by atoms with E-state index in [0.29, 0.717) is 23.4 Å². The summed E-state index contributed by atoms with van der Waals surface area (Å²) in [5, 5.41) is 10.4. The van der Waals surface area contributed by atoms with Gasteiger partial charge in [-0.15, -0.1) is 0 Å². The van der Waals surface area contributed by atoms with Crippen molar-refractivity contribution in [2.24, 2.45) is 5.14 Å². The quantitative estimate of drug-likeness (QED) is 0.388. The normalized spacial score (nSPS) is 19.7. The second kappa shape index (κ2) is 7.74. The molecule has 4 rings (SSSR count). The van der Waals surface area contributed by atoms with Crippen molar-refractivity contribution in [2.45, 2.75) is 17.0 Å². The van der Waals surface area contributed by atoms with Crippen molar-refractivity contribution in [1.82, 2.24) is 15.5 Å². The number of benzene rings is 2. The van der Waals surface area contributed by atoms with Crippen molar-refractivity contribution in [3.8, 4) is 17.6 Å². The number of rotatable bonds is 4. The number of carbonyl (C=O) groups is 3. The summed E-state index contributed by atoms with van der Waals surface area (Å²) >= 11 is 1.08. The van der Waals surface area contributed by atoms with Gasteiger partial charge in [-0.05, 0) is 47.8 Å². The zero-order valence-corrected chi connectivity index (χ0v) is 16.8. The van der Waals surface area contributed by atoms with Gasteiger partial charge in [-0.2, -0.15) is 0 Å². The summed E-state index contributed by atoms with van der Waals surface area (Å²) in [6, 6.07) is 11.8. The summed E-state index contributed by atoms with van der Waals surface area (Å²) in [7, 11) is 1.53. The average Bonchev–Trinajstić information content (AvgIpc) is 3.21. The minimum atomic E-state index is -1.55. The fourth-order valence-corrected chi connectivity index (χ4v) is 3.79. The fourth-order valence-electron chi connectivity index (χ4n) is 3.44. The lowest BCUT2D eigenvalue weighted by atomic mass is 9.99. The van der Waals surface area contributed by atoms with E-state index in [1.54, 1.807) is 30.3 Å². The lowest BCUT2D eigenvalue weighted by Crippen LogP contribution is -2.54. The third-order valence-electron chi connectivity index (χ3n) is 4.96. The van der Waals surface area contributed by atoms with E-state index < -0.39 is 17.5 Å². The molecular formula is C21H18N4O4S. The number of imide groups is 1. The van der Waals surface area contributed by atoms with Crippen molar-refractivity contribution in [1.29, 1.82) is 0 Å². The van der Waals surface area contributed by atoms with Crippen LogP contribution in [0, 0.1) is 11.8 Å². The Kier molecular flexibility index (Phi) is 5.11. The molecule has 0 aliphatic carbocycles. The number of urea groups is 1. The Labute approximate surface area is 177 Å². The van der Waals surface area contributed by atoms with Crippen molar-refractivity contribution in [3.63, 3.8) is 0 Å². The minimum Gasteiger partial charge on any atom is -0.497 e. The maximum Gasteiger partial charge on any atom is 0.323 e. The molecule has 0 aromatic heterocycles. The number of carbonyl (C=O) groups excluding carboxylic acids is 3. The molecule has 1 saturated heterocycles. The summed E-state index contributed by atoms with van der Waals surface area (Å²) in [4.78, 5) is 39.7. The Morgan fingerprint density at radius 1 is 1.23 bits per heavy atom. The highest BCUT2D eigenvalue weighted by Gasteiger charge is 2.48. The van der Waals surface area contributed by atoms with Gasteiger partial charge in [-0.1, -0.05) is 24.0 Å². The zero-order valence-electron chi connectivity index (χ0n) is 16.0. The van der Waals surface area contributed by atoms with E-state index in [9.17, 15) is 14.4 Å². The third-order valence-corrected chi connectivity index (χ3v) is 5.48. The first-order valence-electron chi connectivity index (χ1n) is 9.04. The van der Waals surface area contributed by atoms with Crippen molar-refractivity contribution in [3.05, 3.63) is 59.2 Å². The summed E-state index contributed by atoms with van der Waals surface area (Å²) < 4.78 is 5.19. The summed E-state index contributed by atoms with van der Waals surface area (Å²) in [5.41, 5.74) is 0.417.